The first kappa shape index (κ1) is 18.1. The second-order valence-corrected chi connectivity index (χ2v) is 6.13. The molecule has 0 bridgehead atoms. The summed E-state index contributed by atoms with van der Waals surface area (Å²) in [5, 5.41) is 13.1. The molecular formula is C17H14F3N5S. The van der Waals surface area contributed by atoms with Crippen LogP contribution in [0.25, 0.3) is 5.65 Å². The molecule has 0 saturated carbocycles. The van der Waals surface area contributed by atoms with Crippen LogP contribution in [-0.2, 0) is 13.2 Å². The fourth-order valence-corrected chi connectivity index (χ4v) is 2.85. The Morgan fingerprint density at radius 2 is 1.88 bits per heavy atom. The molecule has 1 aromatic carbocycles. The lowest BCUT2D eigenvalue weighted by molar-refractivity contribution is -0.151. The molecule has 0 amide bonds. The van der Waals surface area contributed by atoms with Gasteiger partial charge in [0.1, 0.15) is 0 Å². The molecule has 9 heteroatoms. The van der Waals surface area contributed by atoms with Crippen molar-refractivity contribution in [1.29, 1.82) is 5.26 Å². The number of hydrogen-bond acceptors (Lipinski definition) is 4. The van der Waals surface area contributed by atoms with Crippen LogP contribution >= 0.6 is 12.2 Å². The first-order valence-corrected chi connectivity index (χ1v) is 8.09. The third-order valence-electron chi connectivity index (χ3n) is 3.71. The van der Waals surface area contributed by atoms with Crippen molar-refractivity contribution in [3.63, 3.8) is 0 Å². The average Bonchev–Trinajstić information content (AvgIpc) is 2.90. The molecule has 2 heterocycles. The molecule has 0 fully saturated rings. The Hall–Kier alpha value is -2.70. The smallest absolute Gasteiger partial charge is 0.275 e. The van der Waals surface area contributed by atoms with Crippen LogP contribution in [0.2, 0.25) is 0 Å². The summed E-state index contributed by atoms with van der Waals surface area (Å²) in [6, 6.07) is 13.7. The van der Waals surface area contributed by atoms with E-state index < -0.39 is 12.7 Å². The van der Waals surface area contributed by atoms with E-state index in [1.54, 1.807) is 53.1 Å². The summed E-state index contributed by atoms with van der Waals surface area (Å²) in [6.07, 6.45) is -2.64. The van der Waals surface area contributed by atoms with Gasteiger partial charge < -0.3 is 0 Å². The maximum absolute atomic E-state index is 13.0. The lowest BCUT2D eigenvalue weighted by atomic mass is 10.1. The van der Waals surface area contributed by atoms with E-state index in [2.05, 4.69) is 5.10 Å². The van der Waals surface area contributed by atoms with Gasteiger partial charge in [-0.2, -0.15) is 23.5 Å². The quantitative estimate of drug-likeness (QED) is 0.636. The minimum Gasteiger partial charge on any atom is -0.275 e. The number of rotatable bonds is 5. The normalized spacial score (nSPS) is 11.8. The molecule has 0 N–H and O–H groups in total. The number of nitriles is 1. The van der Waals surface area contributed by atoms with Crippen LogP contribution in [0, 0.1) is 16.1 Å². The molecule has 26 heavy (non-hydrogen) atoms. The van der Waals surface area contributed by atoms with Gasteiger partial charge in [-0.1, -0.05) is 18.2 Å². The molecule has 5 nitrogen and oxygen atoms in total. The van der Waals surface area contributed by atoms with Gasteiger partial charge in [-0.05, 0) is 42.0 Å². The van der Waals surface area contributed by atoms with Crippen LogP contribution in [0.1, 0.15) is 11.1 Å². The van der Waals surface area contributed by atoms with Gasteiger partial charge in [-0.15, -0.1) is 0 Å². The van der Waals surface area contributed by atoms with Crippen LogP contribution in [0.3, 0.4) is 0 Å². The van der Waals surface area contributed by atoms with E-state index in [0.29, 0.717) is 21.5 Å². The number of pyridine rings is 1. The number of alkyl halides is 3. The summed E-state index contributed by atoms with van der Waals surface area (Å²) in [5.74, 6) is 0. The summed E-state index contributed by atoms with van der Waals surface area (Å²) >= 11 is 5.30. The molecule has 0 saturated heterocycles. The fourth-order valence-electron chi connectivity index (χ4n) is 2.60. The van der Waals surface area contributed by atoms with E-state index in [1.165, 1.54) is 9.58 Å². The zero-order chi connectivity index (χ0) is 18.7. The third kappa shape index (κ3) is 4.28. The Labute approximate surface area is 152 Å². The SMILES string of the molecule is N#Cc1ccc(CN(Cn2nc3ccccn3c2=S)CC(F)(F)F)cc1. The monoisotopic (exact) mass is 377 g/mol. The molecule has 2 aromatic heterocycles. The van der Waals surface area contributed by atoms with Crippen molar-refractivity contribution in [3.8, 4) is 6.07 Å². The topological polar surface area (TPSA) is 49.3 Å². The van der Waals surface area contributed by atoms with E-state index >= 15 is 0 Å². The van der Waals surface area contributed by atoms with Crippen molar-refractivity contribution in [2.24, 2.45) is 0 Å². The molecule has 0 aliphatic heterocycles. The Morgan fingerprint density at radius 1 is 1.15 bits per heavy atom. The van der Waals surface area contributed by atoms with Gasteiger partial charge in [0.25, 0.3) is 0 Å². The molecule has 3 aromatic rings. The molecule has 0 spiro atoms. The van der Waals surface area contributed by atoms with Crippen LogP contribution in [0.5, 0.6) is 0 Å². The molecule has 0 unspecified atom stereocenters. The van der Waals surface area contributed by atoms with Crippen LogP contribution in [0.4, 0.5) is 13.2 Å². The van der Waals surface area contributed by atoms with Crippen molar-refractivity contribution in [2.75, 3.05) is 6.54 Å². The summed E-state index contributed by atoms with van der Waals surface area (Å²) in [4.78, 5) is 1.21. The van der Waals surface area contributed by atoms with Crippen molar-refractivity contribution in [1.82, 2.24) is 19.1 Å². The first-order chi connectivity index (χ1) is 12.4. The number of halogens is 3. The largest absolute Gasteiger partial charge is 0.401 e. The van der Waals surface area contributed by atoms with Gasteiger partial charge in [-0.25, -0.2) is 4.68 Å². The van der Waals surface area contributed by atoms with E-state index in [0.717, 1.165) is 0 Å². The van der Waals surface area contributed by atoms with Gasteiger partial charge in [0, 0.05) is 12.7 Å². The van der Waals surface area contributed by atoms with E-state index in [-0.39, 0.29) is 13.2 Å². The number of nitrogens with zero attached hydrogens (tertiary/aromatic N) is 5. The lowest BCUT2D eigenvalue weighted by Gasteiger charge is -2.23. The fraction of sp³-hybridized carbons (Fsp3) is 0.235. The number of fused-ring (bicyclic) bond motifs is 1. The molecule has 3 rings (SSSR count). The minimum absolute atomic E-state index is 0.0564. The number of hydrogen-bond donors (Lipinski definition) is 0. The van der Waals surface area contributed by atoms with Crippen LogP contribution in [0.15, 0.2) is 48.7 Å². The predicted octanol–water partition coefficient (Wildman–Crippen LogP) is 3.76. The lowest BCUT2D eigenvalue weighted by Crippen LogP contribution is -2.35. The van der Waals surface area contributed by atoms with Gasteiger partial charge >= 0.3 is 6.18 Å². The Morgan fingerprint density at radius 3 is 2.50 bits per heavy atom. The van der Waals surface area contributed by atoms with Crippen LogP contribution in [-0.4, -0.2) is 31.8 Å². The third-order valence-corrected chi connectivity index (χ3v) is 4.12. The second-order valence-electron chi connectivity index (χ2n) is 5.76. The maximum atomic E-state index is 13.0. The molecule has 134 valence electrons. The standard InChI is InChI=1S/C17H14F3N5S/c18-17(19,20)11-23(10-14-6-4-13(9-21)5-7-14)12-25-16(26)24-8-2-1-3-15(24)22-25/h1-8H,10-12H2. The molecule has 0 aliphatic carbocycles. The summed E-state index contributed by atoms with van der Waals surface area (Å²) in [7, 11) is 0. The highest BCUT2D eigenvalue weighted by Gasteiger charge is 2.31. The zero-order valence-corrected chi connectivity index (χ0v) is 14.3. The highest BCUT2D eigenvalue weighted by molar-refractivity contribution is 7.71. The molecule has 0 atom stereocenters. The second kappa shape index (κ2) is 7.27. The summed E-state index contributed by atoms with van der Waals surface area (Å²) in [6.45, 7) is -1.14. The number of benzene rings is 1. The van der Waals surface area contributed by atoms with Crippen molar-refractivity contribution < 1.29 is 13.2 Å². The maximum Gasteiger partial charge on any atom is 0.401 e. The van der Waals surface area contributed by atoms with Crippen LogP contribution < -0.4 is 0 Å². The highest BCUT2D eigenvalue weighted by atomic mass is 32.1. The summed E-state index contributed by atoms with van der Waals surface area (Å²) < 4.78 is 42.3. The predicted molar refractivity (Wildman–Crippen MR) is 91.6 cm³/mol. The number of aromatic nitrogens is 3. The van der Waals surface area contributed by atoms with Crippen molar-refractivity contribution in [3.05, 3.63) is 64.6 Å². The molecule has 0 aliphatic rings. The first-order valence-electron chi connectivity index (χ1n) is 7.68. The summed E-state index contributed by atoms with van der Waals surface area (Å²) in [5.41, 5.74) is 1.70. The van der Waals surface area contributed by atoms with E-state index in [1.807, 2.05) is 6.07 Å². The van der Waals surface area contributed by atoms with Gasteiger partial charge in [0.15, 0.2) is 5.65 Å². The van der Waals surface area contributed by atoms with E-state index in [9.17, 15) is 13.2 Å². The average molecular weight is 377 g/mol. The highest BCUT2D eigenvalue weighted by Crippen LogP contribution is 2.19. The Kier molecular flexibility index (Phi) is 5.06. The van der Waals surface area contributed by atoms with E-state index in [4.69, 9.17) is 17.5 Å². The zero-order valence-electron chi connectivity index (χ0n) is 13.5. The Balaban J connectivity index is 1.86. The minimum atomic E-state index is -4.35. The molecular weight excluding hydrogens is 363 g/mol. The Bertz CT molecular complexity index is 998. The molecule has 0 radical (unpaired) electrons. The van der Waals surface area contributed by atoms with Crippen molar-refractivity contribution >= 4 is 17.9 Å². The van der Waals surface area contributed by atoms with Gasteiger partial charge in [-0.3, -0.25) is 9.30 Å². The van der Waals surface area contributed by atoms with Gasteiger partial charge in [0.2, 0.25) is 4.77 Å². The van der Waals surface area contributed by atoms with Crippen molar-refractivity contribution in [2.45, 2.75) is 19.4 Å². The van der Waals surface area contributed by atoms with Gasteiger partial charge in [0.05, 0.1) is 24.8 Å².